The number of aryl methyl sites for hydroxylation is 1. The zero-order valence-corrected chi connectivity index (χ0v) is 6.61. The fourth-order valence-electron chi connectivity index (χ4n) is 0.697. The molecule has 2 N–H and O–H groups in total. The van der Waals surface area contributed by atoms with Crippen LogP contribution in [0.25, 0.3) is 0 Å². The van der Waals surface area contributed by atoms with Gasteiger partial charge in [0.1, 0.15) is 0 Å². The van der Waals surface area contributed by atoms with Crippen LogP contribution in [0.2, 0.25) is 0 Å². The monoisotopic (exact) mass is 172 g/mol. The Morgan fingerprint density at radius 3 is 2.83 bits per heavy atom. The zero-order chi connectivity index (χ0) is 9.14. The minimum atomic E-state index is -1.21. The number of hydrogen-bond acceptors (Lipinski definition) is 4. The van der Waals surface area contributed by atoms with Gasteiger partial charge in [-0.2, -0.15) is 4.98 Å². The molecule has 0 atom stereocenters. The second kappa shape index (κ2) is 3.07. The smallest absolute Gasteiger partial charge is 0.411 e. The molecular formula is C5H8N4O3. The third-order valence-corrected chi connectivity index (χ3v) is 1.12. The van der Waals surface area contributed by atoms with Crippen molar-refractivity contribution in [3.8, 4) is 6.01 Å². The van der Waals surface area contributed by atoms with Crippen molar-refractivity contribution in [3.63, 3.8) is 0 Å². The highest BCUT2D eigenvalue weighted by Crippen LogP contribution is 2.07. The molecule has 1 aromatic heterocycles. The van der Waals surface area contributed by atoms with Crippen LogP contribution in [0, 0.1) is 0 Å². The van der Waals surface area contributed by atoms with Crippen molar-refractivity contribution < 1.29 is 14.6 Å². The summed E-state index contributed by atoms with van der Waals surface area (Å²) in [7, 11) is 3.02. The molecule has 1 heterocycles. The van der Waals surface area contributed by atoms with E-state index in [0.717, 1.165) is 0 Å². The fraction of sp³-hybridized carbons (Fsp3) is 0.400. The van der Waals surface area contributed by atoms with Gasteiger partial charge in [0.05, 0.1) is 7.11 Å². The summed E-state index contributed by atoms with van der Waals surface area (Å²) in [5.74, 6) is 0.00171. The van der Waals surface area contributed by atoms with Crippen LogP contribution in [0.15, 0.2) is 0 Å². The van der Waals surface area contributed by atoms with Gasteiger partial charge in [-0.3, -0.25) is 5.32 Å². The number of ether oxygens (including phenoxy) is 1. The van der Waals surface area contributed by atoms with Crippen LogP contribution in [-0.2, 0) is 7.05 Å². The maximum atomic E-state index is 10.1. The topological polar surface area (TPSA) is 89.3 Å². The van der Waals surface area contributed by atoms with E-state index in [1.807, 2.05) is 5.32 Å². The Kier molecular flexibility index (Phi) is 2.13. The maximum Gasteiger partial charge on any atom is 0.411 e. The highest BCUT2D eigenvalue weighted by Gasteiger charge is 2.08. The van der Waals surface area contributed by atoms with Crippen molar-refractivity contribution >= 4 is 12.0 Å². The van der Waals surface area contributed by atoms with Gasteiger partial charge in [-0.1, -0.05) is 0 Å². The number of methoxy groups -OCH3 is 1. The van der Waals surface area contributed by atoms with Crippen molar-refractivity contribution in [1.82, 2.24) is 14.8 Å². The summed E-state index contributed by atoms with van der Waals surface area (Å²) in [5.41, 5.74) is 0. The number of aromatic nitrogens is 3. The molecule has 0 fully saturated rings. The van der Waals surface area contributed by atoms with Gasteiger partial charge in [0, 0.05) is 7.05 Å². The van der Waals surface area contributed by atoms with Crippen LogP contribution in [0.5, 0.6) is 6.01 Å². The lowest BCUT2D eigenvalue weighted by Gasteiger charge is -1.92. The molecule has 7 heteroatoms. The highest BCUT2D eigenvalue weighted by atomic mass is 16.5. The van der Waals surface area contributed by atoms with Crippen LogP contribution in [0.3, 0.4) is 0 Å². The largest absolute Gasteiger partial charge is 0.467 e. The predicted octanol–water partition coefficient (Wildman–Crippen LogP) is -0.0864. The lowest BCUT2D eigenvalue weighted by molar-refractivity contribution is 0.209. The summed E-state index contributed by atoms with van der Waals surface area (Å²) in [4.78, 5) is 13.8. The molecule has 0 spiro atoms. The molecule has 0 saturated carbocycles. The highest BCUT2D eigenvalue weighted by molar-refractivity contribution is 5.80. The molecule has 7 nitrogen and oxygen atoms in total. The Bertz CT molecular complexity index is 295. The molecule has 66 valence electrons. The second-order valence-corrected chi connectivity index (χ2v) is 1.98. The summed E-state index contributed by atoms with van der Waals surface area (Å²) in [5, 5.41) is 14.0. The van der Waals surface area contributed by atoms with E-state index in [4.69, 9.17) is 9.84 Å². The number of nitrogens with zero attached hydrogens (tertiary/aromatic N) is 3. The Morgan fingerprint density at radius 1 is 1.75 bits per heavy atom. The minimum Gasteiger partial charge on any atom is -0.467 e. The van der Waals surface area contributed by atoms with Gasteiger partial charge >= 0.3 is 12.1 Å². The third kappa shape index (κ3) is 1.62. The van der Waals surface area contributed by atoms with Gasteiger partial charge < -0.3 is 9.84 Å². The molecule has 1 aromatic rings. The SMILES string of the molecule is COc1nc(NC(=O)O)nn1C. The first-order chi connectivity index (χ1) is 5.63. The van der Waals surface area contributed by atoms with E-state index in [-0.39, 0.29) is 12.0 Å². The number of carboxylic acid groups (broad SMARTS) is 1. The van der Waals surface area contributed by atoms with Crippen LogP contribution >= 0.6 is 0 Å². The quantitative estimate of drug-likeness (QED) is 0.650. The van der Waals surface area contributed by atoms with E-state index in [0.29, 0.717) is 0 Å². The molecule has 0 unspecified atom stereocenters. The lowest BCUT2D eigenvalue weighted by atomic mass is 10.9. The number of hydrogen-bond donors (Lipinski definition) is 2. The number of carbonyl (C=O) groups is 1. The summed E-state index contributed by atoms with van der Waals surface area (Å²) >= 11 is 0. The van der Waals surface area contributed by atoms with Crippen molar-refractivity contribution in [3.05, 3.63) is 0 Å². The molecule has 0 aromatic carbocycles. The molecule has 0 saturated heterocycles. The van der Waals surface area contributed by atoms with Crippen LogP contribution in [0.1, 0.15) is 0 Å². The van der Waals surface area contributed by atoms with E-state index < -0.39 is 6.09 Å². The van der Waals surface area contributed by atoms with Gasteiger partial charge in [-0.15, -0.1) is 5.10 Å². The number of nitrogens with one attached hydrogen (secondary N) is 1. The van der Waals surface area contributed by atoms with Crippen molar-refractivity contribution in [2.75, 3.05) is 12.4 Å². The molecule has 12 heavy (non-hydrogen) atoms. The Balaban J connectivity index is 2.82. The van der Waals surface area contributed by atoms with Crippen molar-refractivity contribution in [1.29, 1.82) is 0 Å². The zero-order valence-electron chi connectivity index (χ0n) is 6.61. The molecular weight excluding hydrogens is 164 g/mol. The van der Waals surface area contributed by atoms with Crippen LogP contribution in [0.4, 0.5) is 10.7 Å². The minimum absolute atomic E-state index is 0.00171. The van der Waals surface area contributed by atoms with Gasteiger partial charge in [-0.05, 0) is 0 Å². The average Bonchev–Trinajstić information content (AvgIpc) is 2.29. The average molecular weight is 172 g/mol. The summed E-state index contributed by atoms with van der Waals surface area (Å²) < 4.78 is 6.09. The van der Waals surface area contributed by atoms with E-state index >= 15 is 0 Å². The van der Waals surface area contributed by atoms with E-state index in [1.54, 1.807) is 7.05 Å². The molecule has 1 rings (SSSR count). The Morgan fingerprint density at radius 2 is 2.42 bits per heavy atom. The molecule has 0 aliphatic carbocycles. The normalized spacial score (nSPS) is 9.50. The molecule has 0 aliphatic heterocycles. The summed E-state index contributed by atoms with van der Waals surface area (Å²) in [6.07, 6.45) is -1.21. The Hall–Kier alpha value is -1.79. The van der Waals surface area contributed by atoms with Crippen molar-refractivity contribution in [2.45, 2.75) is 0 Å². The van der Waals surface area contributed by atoms with Crippen LogP contribution in [-0.4, -0.2) is 33.1 Å². The van der Waals surface area contributed by atoms with Gasteiger partial charge in [0.15, 0.2) is 0 Å². The summed E-state index contributed by atoms with van der Waals surface area (Å²) in [6.45, 7) is 0. The summed E-state index contributed by atoms with van der Waals surface area (Å²) in [6, 6.07) is 0.249. The van der Waals surface area contributed by atoms with Gasteiger partial charge in [0.25, 0.3) is 5.95 Å². The first kappa shape index (κ1) is 8.31. The lowest BCUT2D eigenvalue weighted by Crippen LogP contribution is -2.08. The van der Waals surface area contributed by atoms with Crippen molar-refractivity contribution in [2.24, 2.45) is 7.05 Å². The Labute approximate surface area is 68.0 Å². The molecule has 1 amide bonds. The van der Waals surface area contributed by atoms with Crippen LogP contribution < -0.4 is 10.1 Å². The second-order valence-electron chi connectivity index (χ2n) is 1.98. The van der Waals surface area contributed by atoms with E-state index in [9.17, 15) is 4.79 Å². The van der Waals surface area contributed by atoms with E-state index in [1.165, 1.54) is 11.8 Å². The molecule has 0 bridgehead atoms. The maximum absolute atomic E-state index is 10.1. The van der Waals surface area contributed by atoms with Gasteiger partial charge in [-0.25, -0.2) is 9.48 Å². The van der Waals surface area contributed by atoms with Gasteiger partial charge in [0.2, 0.25) is 0 Å². The number of rotatable bonds is 2. The fourth-order valence-corrected chi connectivity index (χ4v) is 0.697. The number of anilines is 1. The third-order valence-electron chi connectivity index (χ3n) is 1.12. The first-order valence-electron chi connectivity index (χ1n) is 3.08. The first-order valence-corrected chi connectivity index (χ1v) is 3.08. The molecule has 0 radical (unpaired) electrons. The van der Waals surface area contributed by atoms with E-state index in [2.05, 4.69) is 10.1 Å². The number of amides is 1. The predicted molar refractivity (Wildman–Crippen MR) is 39.2 cm³/mol. The standard InChI is InChI=1S/C5H8N4O3/c1-9-4(12-2)6-3(8-9)7-5(10)11/h1-2H3,(H,7,8)(H,10,11). The molecule has 0 aliphatic rings.